The molecule has 1 N–H and O–H groups in total. The number of hydrogen-bond donors (Lipinski definition) is 1. The van der Waals surface area contributed by atoms with Crippen LogP contribution in [0.4, 0.5) is 0 Å². The molecule has 0 aromatic rings. The number of hydrogen-bond acceptors (Lipinski definition) is 2. The zero-order chi connectivity index (χ0) is 7.14. The molecule has 2 saturated carbocycles. The molecule has 0 amide bonds. The van der Waals surface area contributed by atoms with Crippen LogP contribution in [0.15, 0.2) is 0 Å². The summed E-state index contributed by atoms with van der Waals surface area (Å²) in [6, 6.07) is 0. The van der Waals surface area contributed by atoms with Crippen LogP contribution in [-0.4, -0.2) is 17.0 Å². The van der Waals surface area contributed by atoms with E-state index in [0.29, 0.717) is 11.7 Å². The van der Waals surface area contributed by atoms with Crippen LogP contribution in [0.3, 0.4) is 0 Å². The number of carbonyl (C=O) groups is 1. The average molecular weight is 140 g/mol. The van der Waals surface area contributed by atoms with Gasteiger partial charge in [0.2, 0.25) is 0 Å². The molecule has 2 rings (SSSR count). The Labute approximate surface area is 60.2 Å². The Morgan fingerprint density at radius 1 is 1.40 bits per heavy atom. The molecule has 0 heterocycles. The Balaban J connectivity index is 2.12. The van der Waals surface area contributed by atoms with Crippen molar-refractivity contribution >= 4 is 5.78 Å². The minimum Gasteiger partial charge on any atom is -0.393 e. The predicted molar refractivity (Wildman–Crippen MR) is 36.5 cm³/mol. The highest BCUT2D eigenvalue weighted by atomic mass is 16.3. The molecule has 10 heavy (non-hydrogen) atoms. The molecule has 56 valence electrons. The molecule has 3 atom stereocenters. The van der Waals surface area contributed by atoms with E-state index in [9.17, 15) is 9.90 Å². The molecule has 2 heteroatoms. The lowest BCUT2D eigenvalue weighted by Gasteiger charge is -2.02. The smallest absolute Gasteiger partial charge is 0.136 e. The molecule has 0 radical (unpaired) electrons. The van der Waals surface area contributed by atoms with Gasteiger partial charge in [0.15, 0.2) is 0 Å². The van der Waals surface area contributed by atoms with E-state index in [4.69, 9.17) is 0 Å². The van der Waals surface area contributed by atoms with Gasteiger partial charge in [0, 0.05) is 12.3 Å². The maximum Gasteiger partial charge on any atom is 0.136 e. The third-order valence-electron chi connectivity index (χ3n) is 2.84. The lowest BCUT2D eigenvalue weighted by Crippen LogP contribution is -2.08. The lowest BCUT2D eigenvalue weighted by molar-refractivity contribution is -0.121. The summed E-state index contributed by atoms with van der Waals surface area (Å²) >= 11 is 0. The number of aliphatic hydroxyl groups excluding tert-OH is 1. The van der Waals surface area contributed by atoms with Crippen LogP contribution in [0.1, 0.15) is 25.7 Å². The molecule has 0 bridgehead atoms. The molecule has 2 fully saturated rings. The van der Waals surface area contributed by atoms with E-state index in [-0.39, 0.29) is 12.0 Å². The van der Waals surface area contributed by atoms with Crippen molar-refractivity contribution in [3.8, 4) is 0 Å². The summed E-state index contributed by atoms with van der Waals surface area (Å²) < 4.78 is 0. The molecular weight excluding hydrogens is 128 g/mol. The molecular formula is C8H12O2. The minimum absolute atomic E-state index is 0.181. The summed E-state index contributed by atoms with van der Waals surface area (Å²) in [7, 11) is 0. The summed E-state index contributed by atoms with van der Waals surface area (Å²) in [6.07, 6.45) is 3.22. The van der Waals surface area contributed by atoms with Gasteiger partial charge >= 0.3 is 0 Å². The molecule has 2 aliphatic carbocycles. The van der Waals surface area contributed by atoms with Gasteiger partial charge in [-0.05, 0) is 25.2 Å². The summed E-state index contributed by atoms with van der Waals surface area (Å²) in [5, 5.41) is 9.20. The Morgan fingerprint density at radius 3 is 2.90 bits per heavy atom. The van der Waals surface area contributed by atoms with Gasteiger partial charge in [0.25, 0.3) is 0 Å². The van der Waals surface area contributed by atoms with Crippen LogP contribution in [0.2, 0.25) is 0 Å². The highest BCUT2D eigenvalue weighted by molar-refractivity contribution is 5.83. The van der Waals surface area contributed by atoms with E-state index < -0.39 is 0 Å². The molecule has 0 aliphatic heterocycles. The average Bonchev–Trinajstić information content (AvgIpc) is 2.35. The van der Waals surface area contributed by atoms with Crippen molar-refractivity contribution in [1.29, 1.82) is 0 Å². The number of carbonyl (C=O) groups excluding carboxylic acids is 1. The van der Waals surface area contributed by atoms with Crippen LogP contribution in [0.5, 0.6) is 0 Å². The molecule has 0 unspecified atom stereocenters. The second kappa shape index (κ2) is 2.06. The zero-order valence-electron chi connectivity index (χ0n) is 5.92. The highest BCUT2D eigenvalue weighted by Crippen LogP contribution is 2.41. The van der Waals surface area contributed by atoms with Gasteiger partial charge in [0.05, 0.1) is 6.10 Å². The lowest BCUT2D eigenvalue weighted by atomic mass is 10.0. The van der Waals surface area contributed by atoms with Crippen LogP contribution in [0.25, 0.3) is 0 Å². The number of Topliss-reactive ketones (excluding diaryl/α,β-unsaturated/α-hetero) is 1. The first-order chi connectivity index (χ1) is 4.77. The fourth-order valence-corrected chi connectivity index (χ4v) is 2.32. The first-order valence-electron chi connectivity index (χ1n) is 3.98. The highest BCUT2D eigenvalue weighted by Gasteiger charge is 2.41. The fourth-order valence-electron chi connectivity index (χ4n) is 2.32. The largest absolute Gasteiger partial charge is 0.393 e. The normalized spacial score (nSPS) is 46.1. The van der Waals surface area contributed by atoms with Crippen molar-refractivity contribution in [3.63, 3.8) is 0 Å². The topological polar surface area (TPSA) is 37.3 Å². The van der Waals surface area contributed by atoms with E-state index in [2.05, 4.69) is 0 Å². The molecule has 2 nitrogen and oxygen atoms in total. The van der Waals surface area contributed by atoms with Crippen LogP contribution in [-0.2, 0) is 4.79 Å². The second-order valence-electron chi connectivity index (χ2n) is 3.50. The number of rotatable bonds is 0. The van der Waals surface area contributed by atoms with Crippen molar-refractivity contribution in [3.05, 3.63) is 0 Å². The fraction of sp³-hybridized carbons (Fsp3) is 0.875. The van der Waals surface area contributed by atoms with Gasteiger partial charge in [0.1, 0.15) is 5.78 Å². The van der Waals surface area contributed by atoms with Crippen molar-refractivity contribution in [2.45, 2.75) is 31.8 Å². The summed E-state index contributed by atoms with van der Waals surface area (Å²) in [5.41, 5.74) is 0. The van der Waals surface area contributed by atoms with E-state index in [1.54, 1.807) is 0 Å². The Morgan fingerprint density at radius 2 is 2.20 bits per heavy atom. The maximum absolute atomic E-state index is 11.1. The third kappa shape index (κ3) is 0.788. The quantitative estimate of drug-likeness (QED) is 0.538. The first-order valence-corrected chi connectivity index (χ1v) is 3.98. The van der Waals surface area contributed by atoms with Crippen molar-refractivity contribution in [2.75, 3.05) is 0 Å². The molecule has 0 aromatic carbocycles. The standard InChI is InChI=1S/C8H12O2/c9-6-3-5-1-2-8(10)7(5)4-6/h5-7,9H,1-4H2/t5-,6-,7+/m1/s1. The molecule has 0 saturated heterocycles. The number of ketones is 1. The predicted octanol–water partition coefficient (Wildman–Crippen LogP) is 0.736. The maximum atomic E-state index is 11.1. The van der Waals surface area contributed by atoms with Crippen molar-refractivity contribution in [1.82, 2.24) is 0 Å². The number of aliphatic hydroxyl groups is 1. The van der Waals surface area contributed by atoms with Crippen molar-refractivity contribution < 1.29 is 9.90 Å². The SMILES string of the molecule is O=C1CC[C@@H]2C[C@@H](O)C[C@H]12. The van der Waals surface area contributed by atoms with Crippen LogP contribution in [0, 0.1) is 11.8 Å². The summed E-state index contributed by atoms with van der Waals surface area (Å²) in [6.45, 7) is 0. The van der Waals surface area contributed by atoms with Crippen LogP contribution >= 0.6 is 0 Å². The van der Waals surface area contributed by atoms with Gasteiger partial charge in [-0.1, -0.05) is 0 Å². The molecule has 0 spiro atoms. The summed E-state index contributed by atoms with van der Waals surface area (Å²) in [5.74, 6) is 1.15. The van der Waals surface area contributed by atoms with Gasteiger partial charge in [-0.25, -0.2) is 0 Å². The van der Waals surface area contributed by atoms with Gasteiger partial charge in [-0.2, -0.15) is 0 Å². The van der Waals surface area contributed by atoms with Gasteiger partial charge < -0.3 is 5.11 Å². The first kappa shape index (κ1) is 6.35. The Kier molecular flexibility index (Phi) is 1.31. The monoisotopic (exact) mass is 140 g/mol. The minimum atomic E-state index is -0.181. The van der Waals surface area contributed by atoms with Gasteiger partial charge in [-0.15, -0.1) is 0 Å². The van der Waals surface area contributed by atoms with Gasteiger partial charge in [-0.3, -0.25) is 4.79 Å². The van der Waals surface area contributed by atoms with E-state index in [0.717, 1.165) is 25.7 Å². The zero-order valence-corrected chi connectivity index (χ0v) is 5.92. The van der Waals surface area contributed by atoms with Crippen molar-refractivity contribution in [2.24, 2.45) is 11.8 Å². The van der Waals surface area contributed by atoms with E-state index in [1.165, 1.54) is 0 Å². The Bertz CT molecular complexity index is 165. The summed E-state index contributed by atoms with van der Waals surface area (Å²) in [4.78, 5) is 11.1. The Hall–Kier alpha value is -0.370. The van der Waals surface area contributed by atoms with E-state index >= 15 is 0 Å². The number of fused-ring (bicyclic) bond motifs is 1. The third-order valence-corrected chi connectivity index (χ3v) is 2.84. The second-order valence-corrected chi connectivity index (χ2v) is 3.50. The molecule has 0 aromatic heterocycles. The molecule has 2 aliphatic rings. The van der Waals surface area contributed by atoms with E-state index in [1.807, 2.05) is 0 Å². The van der Waals surface area contributed by atoms with Crippen LogP contribution < -0.4 is 0 Å².